The molecule has 0 heterocycles. The van der Waals surface area contributed by atoms with Crippen LogP contribution in [0.2, 0.25) is 0 Å². The van der Waals surface area contributed by atoms with Gasteiger partial charge in [-0.25, -0.2) is 4.39 Å². The minimum atomic E-state index is -0.913. The maximum absolute atomic E-state index is 12.8. The number of halogens is 1. The van der Waals surface area contributed by atoms with Gasteiger partial charge in [0.2, 0.25) is 0 Å². The predicted molar refractivity (Wildman–Crippen MR) is 92.4 cm³/mol. The second-order valence-electron chi connectivity index (χ2n) is 5.04. The number of esters is 1. The summed E-state index contributed by atoms with van der Waals surface area (Å²) in [6.07, 6.45) is -0.697. The molecule has 4 nitrogen and oxygen atoms in total. The number of carbonyl (C=O) groups is 2. The van der Waals surface area contributed by atoms with Crippen LogP contribution in [0.25, 0.3) is 0 Å². The molecule has 0 spiro atoms. The molecular weight excluding hydrogens is 329 g/mol. The Balaban J connectivity index is 1.72. The lowest BCUT2D eigenvalue weighted by Gasteiger charge is -2.13. The molecule has 24 heavy (non-hydrogen) atoms. The van der Waals surface area contributed by atoms with Gasteiger partial charge in [-0.15, -0.1) is 11.8 Å². The first-order chi connectivity index (χ1) is 11.5. The Morgan fingerprint density at radius 1 is 1.12 bits per heavy atom. The molecule has 1 atom stereocenters. The van der Waals surface area contributed by atoms with Crippen molar-refractivity contribution < 1.29 is 18.7 Å². The number of benzene rings is 2. The highest BCUT2D eigenvalue weighted by Crippen LogP contribution is 2.18. The molecule has 0 aliphatic heterocycles. The first-order valence-corrected chi connectivity index (χ1v) is 8.47. The van der Waals surface area contributed by atoms with Crippen LogP contribution in [0, 0.1) is 5.82 Å². The summed E-state index contributed by atoms with van der Waals surface area (Å²) < 4.78 is 17.9. The van der Waals surface area contributed by atoms with Crippen molar-refractivity contribution >= 4 is 29.3 Å². The van der Waals surface area contributed by atoms with E-state index in [4.69, 9.17) is 4.74 Å². The number of hydrogen-bond acceptors (Lipinski definition) is 4. The molecule has 2 rings (SSSR count). The quantitative estimate of drug-likeness (QED) is 0.610. The standard InChI is InChI=1S/C18H18FNO3S/c1-13(18(22)20-15-9-7-14(19)8-10-15)23-17(21)11-12-24-16-5-3-2-4-6-16/h2-10,13H,11-12H2,1H3,(H,20,22). The zero-order chi connectivity index (χ0) is 17.4. The van der Waals surface area contributed by atoms with Crippen molar-refractivity contribution in [3.63, 3.8) is 0 Å². The normalized spacial score (nSPS) is 11.6. The Labute approximate surface area is 144 Å². The van der Waals surface area contributed by atoms with Gasteiger partial charge in [0.25, 0.3) is 5.91 Å². The first kappa shape index (κ1) is 18.0. The zero-order valence-corrected chi connectivity index (χ0v) is 14.0. The van der Waals surface area contributed by atoms with Crippen molar-refractivity contribution in [2.45, 2.75) is 24.3 Å². The van der Waals surface area contributed by atoms with Gasteiger partial charge in [0.05, 0.1) is 6.42 Å². The fourth-order valence-corrected chi connectivity index (χ4v) is 2.71. The minimum absolute atomic E-state index is 0.216. The van der Waals surface area contributed by atoms with E-state index in [1.54, 1.807) is 11.8 Å². The number of thioether (sulfide) groups is 1. The number of ether oxygens (including phenoxy) is 1. The second-order valence-corrected chi connectivity index (χ2v) is 6.21. The Morgan fingerprint density at radius 3 is 2.46 bits per heavy atom. The van der Waals surface area contributed by atoms with E-state index >= 15 is 0 Å². The van der Waals surface area contributed by atoms with Gasteiger partial charge in [-0.1, -0.05) is 18.2 Å². The second kappa shape index (κ2) is 9.08. The van der Waals surface area contributed by atoms with Crippen molar-refractivity contribution in [1.82, 2.24) is 0 Å². The molecule has 0 aromatic heterocycles. The largest absolute Gasteiger partial charge is 0.453 e. The lowest BCUT2D eigenvalue weighted by atomic mass is 10.3. The maximum Gasteiger partial charge on any atom is 0.307 e. The van der Waals surface area contributed by atoms with Crippen LogP contribution in [0.15, 0.2) is 59.5 Å². The number of nitrogens with one attached hydrogen (secondary N) is 1. The highest BCUT2D eigenvalue weighted by Gasteiger charge is 2.17. The van der Waals surface area contributed by atoms with E-state index in [0.29, 0.717) is 11.4 Å². The van der Waals surface area contributed by atoms with Crippen LogP contribution in [-0.2, 0) is 14.3 Å². The zero-order valence-electron chi connectivity index (χ0n) is 13.2. The molecule has 2 aromatic rings. The van der Waals surface area contributed by atoms with Crippen LogP contribution in [0.4, 0.5) is 10.1 Å². The van der Waals surface area contributed by atoms with Gasteiger partial charge >= 0.3 is 5.97 Å². The topological polar surface area (TPSA) is 55.4 Å². The molecule has 1 N–H and O–H groups in total. The van der Waals surface area contributed by atoms with E-state index in [9.17, 15) is 14.0 Å². The Kier molecular flexibility index (Phi) is 6.81. The summed E-state index contributed by atoms with van der Waals surface area (Å²) in [5.74, 6) is -0.691. The Morgan fingerprint density at radius 2 is 1.79 bits per heavy atom. The van der Waals surface area contributed by atoms with E-state index in [1.807, 2.05) is 30.3 Å². The molecule has 0 aliphatic carbocycles. The third kappa shape index (κ3) is 6.04. The summed E-state index contributed by atoms with van der Waals surface area (Å²) in [6.45, 7) is 1.50. The van der Waals surface area contributed by atoms with Gasteiger partial charge in [0, 0.05) is 16.3 Å². The Bertz CT molecular complexity index is 676. The molecule has 0 radical (unpaired) electrons. The molecule has 0 saturated heterocycles. The number of anilines is 1. The van der Waals surface area contributed by atoms with Gasteiger partial charge in [0.15, 0.2) is 6.10 Å². The minimum Gasteiger partial charge on any atom is -0.453 e. The van der Waals surface area contributed by atoms with E-state index in [0.717, 1.165) is 4.90 Å². The van der Waals surface area contributed by atoms with Crippen molar-refractivity contribution in [1.29, 1.82) is 0 Å². The van der Waals surface area contributed by atoms with Crippen molar-refractivity contribution in [2.24, 2.45) is 0 Å². The van der Waals surface area contributed by atoms with E-state index in [1.165, 1.54) is 31.2 Å². The molecule has 2 aromatic carbocycles. The third-order valence-corrected chi connectivity index (χ3v) is 4.12. The molecule has 0 aliphatic rings. The van der Waals surface area contributed by atoms with Crippen molar-refractivity contribution in [3.8, 4) is 0 Å². The van der Waals surface area contributed by atoms with Crippen LogP contribution < -0.4 is 5.32 Å². The summed E-state index contributed by atoms with van der Waals surface area (Å²) in [4.78, 5) is 24.8. The fourth-order valence-electron chi connectivity index (χ4n) is 1.86. The van der Waals surface area contributed by atoms with Gasteiger partial charge in [-0.3, -0.25) is 9.59 Å². The van der Waals surface area contributed by atoms with Gasteiger partial charge in [-0.05, 0) is 43.3 Å². The van der Waals surface area contributed by atoms with Crippen LogP contribution in [-0.4, -0.2) is 23.7 Å². The van der Waals surface area contributed by atoms with Crippen LogP contribution in [0.1, 0.15) is 13.3 Å². The molecule has 1 amide bonds. The van der Waals surface area contributed by atoms with E-state index < -0.39 is 18.0 Å². The smallest absolute Gasteiger partial charge is 0.307 e. The lowest BCUT2D eigenvalue weighted by molar-refractivity contribution is -0.152. The Hall–Kier alpha value is -2.34. The highest BCUT2D eigenvalue weighted by molar-refractivity contribution is 7.99. The predicted octanol–water partition coefficient (Wildman–Crippen LogP) is 3.88. The molecule has 126 valence electrons. The fraction of sp³-hybridized carbons (Fsp3) is 0.222. The molecule has 0 fully saturated rings. The average molecular weight is 347 g/mol. The maximum atomic E-state index is 12.8. The SMILES string of the molecule is CC(OC(=O)CCSc1ccccc1)C(=O)Nc1ccc(F)cc1. The molecule has 0 saturated carbocycles. The first-order valence-electron chi connectivity index (χ1n) is 7.48. The number of amides is 1. The number of hydrogen-bond donors (Lipinski definition) is 1. The van der Waals surface area contributed by atoms with Crippen molar-refractivity contribution in [3.05, 3.63) is 60.4 Å². The van der Waals surface area contributed by atoms with Gasteiger partial charge in [0.1, 0.15) is 5.82 Å². The van der Waals surface area contributed by atoms with Gasteiger partial charge in [-0.2, -0.15) is 0 Å². The average Bonchev–Trinajstić information content (AvgIpc) is 2.58. The van der Waals surface area contributed by atoms with Crippen molar-refractivity contribution in [2.75, 3.05) is 11.1 Å². The van der Waals surface area contributed by atoms with Crippen LogP contribution in [0.3, 0.4) is 0 Å². The monoisotopic (exact) mass is 347 g/mol. The molecular formula is C18H18FNO3S. The molecule has 0 bridgehead atoms. The van der Waals surface area contributed by atoms with E-state index in [-0.39, 0.29) is 12.2 Å². The summed E-state index contributed by atoms with van der Waals surface area (Å²) in [7, 11) is 0. The van der Waals surface area contributed by atoms with Crippen LogP contribution in [0.5, 0.6) is 0 Å². The van der Waals surface area contributed by atoms with E-state index in [2.05, 4.69) is 5.32 Å². The third-order valence-electron chi connectivity index (χ3n) is 3.11. The summed E-state index contributed by atoms with van der Waals surface area (Å²) in [5, 5.41) is 2.57. The summed E-state index contributed by atoms with van der Waals surface area (Å²) >= 11 is 1.55. The lowest BCUT2D eigenvalue weighted by Crippen LogP contribution is -2.30. The van der Waals surface area contributed by atoms with Gasteiger partial charge < -0.3 is 10.1 Å². The summed E-state index contributed by atoms with van der Waals surface area (Å²) in [5.41, 5.74) is 0.448. The number of rotatable bonds is 7. The summed E-state index contributed by atoms with van der Waals surface area (Å²) in [6, 6.07) is 15.1. The highest BCUT2D eigenvalue weighted by atomic mass is 32.2. The number of carbonyl (C=O) groups excluding carboxylic acids is 2. The molecule has 6 heteroatoms. The van der Waals surface area contributed by atoms with Crippen LogP contribution >= 0.6 is 11.8 Å². The molecule has 1 unspecified atom stereocenters.